The Labute approximate surface area is 241 Å². The van der Waals surface area contributed by atoms with E-state index in [1.54, 1.807) is 0 Å². The predicted molar refractivity (Wildman–Crippen MR) is 128 cm³/mol. The van der Waals surface area contributed by atoms with Crippen molar-refractivity contribution in [2.45, 2.75) is 78.5 Å². The van der Waals surface area contributed by atoms with Crippen LogP contribution in [-0.4, -0.2) is 74.1 Å². The Morgan fingerprint density at radius 3 is 0.975 bits per heavy atom. The summed E-state index contributed by atoms with van der Waals surface area (Å²) in [6, 6.07) is 0.402. The Balaban J connectivity index is -0.000000287. The quantitative estimate of drug-likeness (QED) is 0.136. The maximum atomic E-state index is 10.7. The summed E-state index contributed by atoms with van der Waals surface area (Å²) in [4.78, 5) is 9.59. The molecule has 6 N–H and O–H groups in total. The zero-order chi connectivity index (χ0) is 30.1. The predicted octanol–water partition coefficient (Wildman–Crippen LogP) is 1.96. The molecule has 0 fully saturated rings. The number of hydrogen-bond donors (Lipinski definition) is 0. The molecular weight excluding hydrogens is 660 g/mol. The molecule has 2 aliphatic rings. The third-order valence-electron chi connectivity index (χ3n) is 4.94. The van der Waals surface area contributed by atoms with Gasteiger partial charge in [0.2, 0.25) is 0 Å². The van der Waals surface area contributed by atoms with Crippen LogP contribution >= 0.6 is 0 Å². The van der Waals surface area contributed by atoms with Crippen LogP contribution < -0.4 is 0 Å². The average Bonchev–Trinajstić information content (AvgIpc) is 3.29. The average molecular weight is 696 g/mol. The van der Waals surface area contributed by atoms with Crippen LogP contribution in [0.15, 0.2) is 9.98 Å². The monoisotopic (exact) mass is 694 g/mol. The number of rotatable bonds is 2. The number of alkyl halides is 6. The van der Waals surface area contributed by atoms with Crippen molar-refractivity contribution in [1.82, 2.24) is 0 Å². The Morgan fingerprint density at radius 1 is 0.650 bits per heavy atom. The molecule has 0 aromatic rings. The first-order valence-electron chi connectivity index (χ1n) is 10.4. The molecule has 2 heterocycles. The molecular formula is C19H36F6N2O10S2Zn+2. The standard InChI is InChI=1S/C17H30N2O2.2CHF3O3S.2H2O.Zn/c1-15(2,3)11-9-20-13(18-11)17(7,8)14-19-12(10-21-14)16(4,5)6;2*2-1(3,4)8(5,6)7;;;/h11-12H,9-10H2,1-8H3;2*(H,5,6,7);2*1H2;/q;;;;;+2/t11-,12-;;;;;/m1...../s1. The fourth-order valence-corrected chi connectivity index (χ4v) is 2.41. The zero-order valence-electron chi connectivity index (χ0n) is 23.2. The molecule has 236 valence electrons. The Hall–Kier alpha value is -1.12. The largest absolute Gasteiger partial charge is 2.00 e. The van der Waals surface area contributed by atoms with Gasteiger partial charge in [-0.25, -0.2) is 26.8 Å². The molecule has 2 aliphatic heterocycles. The number of aliphatic imine (C=N–C) groups is 2. The van der Waals surface area contributed by atoms with Crippen LogP contribution in [0.5, 0.6) is 0 Å². The van der Waals surface area contributed by atoms with E-state index in [0.29, 0.717) is 13.2 Å². The van der Waals surface area contributed by atoms with Gasteiger partial charge in [-0.05, 0) is 24.7 Å². The van der Waals surface area contributed by atoms with Crippen molar-refractivity contribution in [3.63, 3.8) is 0 Å². The molecule has 0 aliphatic carbocycles. The minimum absolute atomic E-state index is 0. The van der Waals surface area contributed by atoms with Crippen molar-refractivity contribution < 1.29 is 92.2 Å². The molecule has 0 aromatic heterocycles. The van der Waals surface area contributed by atoms with E-state index in [1.807, 2.05) is 0 Å². The normalized spacial score (nSPS) is 19.8. The van der Waals surface area contributed by atoms with Crippen molar-refractivity contribution in [2.24, 2.45) is 26.2 Å². The van der Waals surface area contributed by atoms with Crippen molar-refractivity contribution in [2.75, 3.05) is 13.2 Å². The first-order valence-corrected chi connectivity index (χ1v) is 13.2. The second-order valence-electron chi connectivity index (χ2n) is 10.7. The van der Waals surface area contributed by atoms with E-state index in [0.717, 1.165) is 11.8 Å². The SMILES string of the molecule is CC(C)(C1=N[C@@H](C(C)(C)C)CO1)C1=N[C@@H](C(C)(C)C)CO1.O=S(=O)([O-])C(F)(F)F.O=S(=O)([O-])C(F)(F)F.[OH3+].[OH3+].[Zn+2]. The third kappa shape index (κ3) is 13.7. The number of hydrogen-bond acceptors (Lipinski definition) is 10. The van der Waals surface area contributed by atoms with Gasteiger partial charge in [0.05, 0.1) is 12.1 Å². The minimum atomic E-state index is -6.09. The number of nitrogens with zero attached hydrogens (tertiary/aromatic N) is 2. The van der Waals surface area contributed by atoms with Gasteiger partial charge < -0.3 is 29.5 Å². The molecule has 0 spiro atoms. The van der Waals surface area contributed by atoms with Gasteiger partial charge in [-0.3, -0.25) is 0 Å². The van der Waals surface area contributed by atoms with Crippen molar-refractivity contribution in [3.8, 4) is 0 Å². The molecule has 0 bridgehead atoms. The Bertz CT molecular complexity index is 995. The minimum Gasteiger partial charge on any atom is -0.741 e. The van der Waals surface area contributed by atoms with Gasteiger partial charge in [-0.2, -0.15) is 26.3 Å². The molecule has 2 rings (SSSR count). The molecule has 40 heavy (non-hydrogen) atoms. The topological polar surface area (TPSA) is 224 Å². The van der Waals surface area contributed by atoms with E-state index in [-0.39, 0.29) is 58.8 Å². The second-order valence-corrected chi connectivity index (χ2v) is 13.4. The van der Waals surface area contributed by atoms with Gasteiger partial charge in [0.25, 0.3) is 0 Å². The van der Waals surface area contributed by atoms with Crippen molar-refractivity contribution in [3.05, 3.63) is 0 Å². The summed E-state index contributed by atoms with van der Waals surface area (Å²) in [5.41, 5.74) is -11.5. The third-order valence-corrected chi connectivity index (χ3v) is 6.07. The van der Waals surface area contributed by atoms with E-state index in [1.165, 1.54) is 0 Å². The van der Waals surface area contributed by atoms with Gasteiger partial charge >= 0.3 is 30.5 Å². The molecule has 2 atom stereocenters. The van der Waals surface area contributed by atoms with Crippen LogP contribution in [0, 0.1) is 16.2 Å². The van der Waals surface area contributed by atoms with Gasteiger partial charge in [0.1, 0.15) is 18.6 Å². The summed E-state index contributed by atoms with van der Waals surface area (Å²) in [6.07, 6.45) is 0. The summed E-state index contributed by atoms with van der Waals surface area (Å²) >= 11 is 0. The van der Waals surface area contributed by atoms with Crippen LogP contribution in [0.2, 0.25) is 0 Å². The first-order chi connectivity index (χ1) is 15.9. The van der Waals surface area contributed by atoms with E-state index >= 15 is 0 Å². The van der Waals surface area contributed by atoms with Crippen LogP contribution in [0.25, 0.3) is 0 Å². The number of halogens is 6. The molecule has 0 saturated heterocycles. The van der Waals surface area contributed by atoms with E-state index in [2.05, 4.69) is 55.4 Å². The summed E-state index contributed by atoms with van der Waals surface area (Å²) in [7, 11) is -12.2. The first kappa shape index (κ1) is 45.9. The Morgan fingerprint density at radius 2 is 0.850 bits per heavy atom. The van der Waals surface area contributed by atoms with E-state index < -0.39 is 31.3 Å². The molecule has 0 amide bonds. The van der Waals surface area contributed by atoms with Crippen molar-refractivity contribution >= 4 is 32.0 Å². The second kappa shape index (κ2) is 14.9. The maximum Gasteiger partial charge on any atom is 2.00 e. The van der Waals surface area contributed by atoms with E-state index in [9.17, 15) is 26.3 Å². The summed E-state index contributed by atoms with van der Waals surface area (Å²) in [5.74, 6) is 1.52. The van der Waals surface area contributed by atoms with Gasteiger partial charge in [-0.1, -0.05) is 41.5 Å². The molecule has 21 heteroatoms. The molecule has 0 radical (unpaired) electrons. The van der Waals surface area contributed by atoms with Crippen LogP contribution in [0.3, 0.4) is 0 Å². The van der Waals surface area contributed by atoms with E-state index in [4.69, 9.17) is 45.4 Å². The summed E-state index contributed by atoms with van der Waals surface area (Å²) in [5, 5.41) is 0. The molecule has 0 unspecified atom stereocenters. The van der Waals surface area contributed by atoms with Crippen LogP contribution in [-0.2, 0) is 60.1 Å². The summed E-state index contributed by atoms with van der Waals surface area (Å²) < 4.78 is 130. The Kier molecular flexibility index (Phi) is 17.0. The maximum absolute atomic E-state index is 10.7. The fraction of sp³-hybridized carbons (Fsp3) is 0.895. The van der Waals surface area contributed by atoms with Gasteiger partial charge in [0.15, 0.2) is 32.0 Å². The fourth-order valence-electron chi connectivity index (χ4n) is 2.41. The molecule has 0 aromatic carbocycles. The molecule has 12 nitrogen and oxygen atoms in total. The molecule has 0 saturated carbocycles. The number of ether oxygens (including phenoxy) is 2. The smallest absolute Gasteiger partial charge is 0.741 e. The van der Waals surface area contributed by atoms with Gasteiger partial charge in [0, 0.05) is 0 Å². The van der Waals surface area contributed by atoms with Crippen molar-refractivity contribution in [1.29, 1.82) is 0 Å². The van der Waals surface area contributed by atoms with Gasteiger partial charge in [-0.15, -0.1) is 0 Å². The van der Waals surface area contributed by atoms with Crippen LogP contribution in [0.4, 0.5) is 26.3 Å². The van der Waals surface area contributed by atoms with Crippen LogP contribution in [0.1, 0.15) is 55.4 Å². The summed E-state index contributed by atoms with van der Waals surface area (Å²) in [6.45, 7) is 18.6. The zero-order valence-corrected chi connectivity index (χ0v) is 27.8.